The maximum atomic E-state index is 11.9. The second kappa shape index (κ2) is 8.64. The Morgan fingerprint density at radius 1 is 1.33 bits per heavy atom. The van der Waals surface area contributed by atoms with Crippen molar-refractivity contribution in [2.75, 3.05) is 32.8 Å². The number of hydrogen-bond donors (Lipinski definition) is 2. The van der Waals surface area contributed by atoms with E-state index in [0.29, 0.717) is 32.3 Å². The van der Waals surface area contributed by atoms with Gasteiger partial charge in [-0.15, -0.1) is 0 Å². The van der Waals surface area contributed by atoms with Crippen molar-refractivity contribution in [3.05, 3.63) is 30.3 Å². The smallest absolute Gasteiger partial charge is 0.234 e. The number of rotatable bonds is 9. The lowest BCUT2D eigenvalue weighted by Crippen LogP contribution is -2.47. The van der Waals surface area contributed by atoms with Crippen molar-refractivity contribution in [1.82, 2.24) is 10.2 Å². The molecule has 1 aliphatic rings. The van der Waals surface area contributed by atoms with Crippen molar-refractivity contribution in [1.29, 1.82) is 0 Å². The zero-order valence-electron chi connectivity index (χ0n) is 12.3. The van der Waals surface area contributed by atoms with Gasteiger partial charge in [0, 0.05) is 12.6 Å². The zero-order valence-corrected chi connectivity index (χ0v) is 12.3. The van der Waals surface area contributed by atoms with Gasteiger partial charge in [-0.1, -0.05) is 24.6 Å². The molecule has 0 aromatic heterocycles. The number of carbonyl (C=O) groups is 1. The minimum Gasteiger partial charge on any atom is -0.492 e. The Labute approximate surface area is 125 Å². The summed E-state index contributed by atoms with van der Waals surface area (Å²) < 4.78 is 5.52. The number of amides is 1. The summed E-state index contributed by atoms with van der Waals surface area (Å²) in [6, 6.07) is 10.0. The molecule has 1 aliphatic carbocycles. The third-order valence-electron chi connectivity index (χ3n) is 3.76. The summed E-state index contributed by atoms with van der Waals surface area (Å²) in [5.41, 5.74) is 0. The van der Waals surface area contributed by atoms with E-state index in [9.17, 15) is 4.79 Å². The first-order valence-corrected chi connectivity index (χ1v) is 7.59. The highest BCUT2D eigenvalue weighted by atomic mass is 16.5. The van der Waals surface area contributed by atoms with Gasteiger partial charge in [-0.3, -0.25) is 9.69 Å². The lowest BCUT2D eigenvalue weighted by atomic mass is 9.91. The van der Waals surface area contributed by atoms with Gasteiger partial charge in [-0.05, 0) is 25.0 Å². The quantitative estimate of drug-likeness (QED) is 0.667. The molecule has 0 saturated heterocycles. The second-order valence-corrected chi connectivity index (χ2v) is 5.29. The topological polar surface area (TPSA) is 61.8 Å². The number of para-hydroxylation sites is 1. The molecular weight excluding hydrogens is 268 g/mol. The highest BCUT2D eigenvalue weighted by Crippen LogP contribution is 2.24. The Morgan fingerprint density at radius 2 is 2.10 bits per heavy atom. The lowest BCUT2D eigenvalue weighted by Gasteiger charge is -2.36. The van der Waals surface area contributed by atoms with Gasteiger partial charge < -0.3 is 15.2 Å². The number of nitrogens with zero attached hydrogens (tertiary/aromatic N) is 1. The van der Waals surface area contributed by atoms with E-state index in [1.54, 1.807) is 0 Å². The van der Waals surface area contributed by atoms with E-state index in [4.69, 9.17) is 9.84 Å². The summed E-state index contributed by atoms with van der Waals surface area (Å²) in [5.74, 6) is 0.801. The van der Waals surface area contributed by atoms with Crippen molar-refractivity contribution >= 4 is 5.91 Å². The van der Waals surface area contributed by atoms with Gasteiger partial charge in [-0.25, -0.2) is 0 Å². The van der Waals surface area contributed by atoms with Crippen LogP contribution < -0.4 is 10.1 Å². The third kappa shape index (κ3) is 5.36. The average Bonchev–Trinajstić information content (AvgIpc) is 2.43. The van der Waals surface area contributed by atoms with Crippen molar-refractivity contribution in [2.24, 2.45) is 0 Å². The molecule has 1 aromatic rings. The summed E-state index contributed by atoms with van der Waals surface area (Å²) in [6.45, 7) is 1.97. The van der Waals surface area contributed by atoms with Crippen molar-refractivity contribution in [2.45, 2.75) is 25.3 Å². The molecule has 0 radical (unpaired) electrons. The molecule has 0 bridgehead atoms. The van der Waals surface area contributed by atoms with Crippen LogP contribution >= 0.6 is 0 Å². The van der Waals surface area contributed by atoms with E-state index in [0.717, 1.165) is 18.6 Å². The maximum absolute atomic E-state index is 11.9. The first-order chi connectivity index (χ1) is 10.3. The molecule has 2 N–H and O–H groups in total. The Morgan fingerprint density at radius 3 is 2.71 bits per heavy atom. The second-order valence-electron chi connectivity index (χ2n) is 5.29. The molecule has 1 saturated carbocycles. The molecule has 2 rings (SSSR count). The normalized spacial score (nSPS) is 14.8. The molecule has 5 heteroatoms. The van der Waals surface area contributed by atoms with Crippen LogP contribution in [0.25, 0.3) is 0 Å². The fraction of sp³-hybridized carbons (Fsp3) is 0.562. The molecule has 5 nitrogen and oxygen atoms in total. The number of aliphatic hydroxyl groups is 1. The summed E-state index contributed by atoms with van der Waals surface area (Å²) in [4.78, 5) is 14.0. The third-order valence-corrected chi connectivity index (χ3v) is 3.76. The molecule has 21 heavy (non-hydrogen) atoms. The van der Waals surface area contributed by atoms with E-state index in [1.807, 2.05) is 30.3 Å². The Kier molecular flexibility index (Phi) is 6.50. The van der Waals surface area contributed by atoms with Gasteiger partial charge in [0.2, 0.25) is 5.91 Å². The molecule has 0 aliphatic heterocycles. The van der Waals surface area contributed by atoms with Crippen LogP contribution in [0.15, 0.2) is 30.3 Å². The number of nitrogens with one attached hydrogen (secondary N) is 1. The molecule has 1 aromatic carbocycles. The van der Waals surface area contributed by atoms with Crippen molar-refractivity contribution < 1.29 is 14.6 Å². The van der Waals surface area contributed by atoms with E-state index >= 15 is 0 Å². The first-order valence-electron chi connectivity index (χ1n) is 7.59. The van der Waals surface area contributed by atoms with E-state index < -0.39 is 0 Å². The van der Waals surface area contributed by atoms with Crippen LogP contribution in [0.4, 0.5) is 0 Å². The van der Waals surface area contributed by atoms with Crippen LogP contribution in [-0.2, 0) is 4.79 Å². The van der Waals surface area contributed by atoms with Crippen LogP contribution in [0.1, 0.15) is 19.3 Å². The summed E-state index contributed by atoms with van der Waals surface area (Å²) in [5, 5.41) is 11.9. The molecule has 116 valence electrons. The molecule has 0 spiro atoms. The standard InChI is InChI=1S/C16H24N2O3/c19-11-10-18(14-5-4-6-14)13-16(20)17-9-12-21-15-7-2-1-3-8-15/h1-3,7-8,14,19H,4-6,9-13H2,(H,17,20). The van der Waals surface area contributed by atoms with Gasteiger partial charge in [0.05, 0.1) is 19.7 Å². The molecule has 1 amide bonds. The van der Waals surface area contributed by atoms with Gasteiger partial charge >= 0.3 is 0 Å². The zero-order chi connectivity index (χ0) is 14.9. The SMILES string of the molecule is O=C(CN(CCO)C1CCC1)NCCOc1ccccc1. The Balaban J connectivity index is 1.62. The minimum atomic E-state index is -0.00740. The molecule has 0 unspecified atom stereocenters. The van der Waals surface area contributed by atoms with Crippen molar-refractivity contribution in [3.8, 4) is 5.75 Å². The van der Waals surface area contributed by atoms with E-state index in [2.05, 4.69) is 10.2 Å². The summed E-state index contributed by atoms with van der Waals surface area (Å²) in [6.07, 6.45) is 3.48. The first kappa shape index (κ1) is 15.8. The molecule has 1 fully saturated rings. The van der Waals surface area contributed by atoms with Crippen LogP contribution in [0.5, 0.6) is 5.75 Å². The Hall–Kier alpha value is -1.59. The fourth-order valence-electron chi connectivity index (χ4n) is 2.39. The van der Waals surface area contributed by atoms with E-state index in [1.165, 1.54) is 6.42 Å². The number of ether oxygens (including phenoxy) is 1. The predicted octanol–water partition coefficient (Wildman–Crippen LogP) is 1.03. The van der Waals surface area contributed by atoms with Gasteiger partial charge in [-0.2, -0.15) is 0 Å². The van der Waals surface area contributed by atoms with E-state index in [-0.39, 0.29) is 12.5 Å². The highest BCUT2D eigenvalue weighted by molar-refractivity contribution is 5.78. The number of aliphatic hydroxyl groups excluding tert-OH is 1. The molecule has 0 heterocycles. The number of hydrogen-bond acceptors (Lipinski definition) is 4. The summed E-state index contributed by atoms with van der Waals surface area (Å²) >= 11 is 0. The maximum Gasteiger partial charge on any atom is 0.234 e. The van der Waals surface area contributed by atoms with Gasteiger partial charge in [0.1, 0.15) is 12.4 Å². The predicted molar refractivity (Wildman–Crippen MR) is 81.2 cm³/mol. The van der Waals surface area contributed by atoms with Gasteiger partial charge in [0.25, 0.3) is 0 Å². The summed E-state index contributed by atoms with van der Waals surface area (Å²) in [7, 11) is 0. The molecular formula is C16H24N2O3. The Bertz CT molecular complexity index is 421. The van der Waals surface area contributed by atoms with Crippen LogP contribution in [0.3, 0.4) is 0 Å². The van der Waals surface area contributed by atoms with Gasteiger partial charge in [0.15, 0.2) is 0 Å². The molecule has 0 atom stereocenters. The van der Waals surface area contributed by atoms with Crippen LogP contribution in [0.2, 0.25) is 0 Å². The van der Waals surface area contributed by atoms with Crippen molar-refractivity contribution in [3.63, 3.8) is 0 Å². The van der Waals surface area contributed by atoms with Crippen LogP contribution in [-0.4, -0.2) is 54.8 Å². The number of carbonyl (C=O) groups excluding carboxylic acids is 1. The number of benzene rings is 1. The minimum absolute atomic E-state index is 0.00740. The lowest BCUT2D eigenvalue weighted by molar-refractivity contribution is -0.123. The van der Waals surface area contributed by atoms with Crippen LogP contribution in [0, 0.1) is 0 Å². The average molecular weight is 292 g/mol. The fourth-order valence-corrected chi connectivity index (χ4v) is 2.39. The monoisotopic (exact) mass is 292 g/mol. The largest absolute Gasteiger partial charge is 0.492 e. The highest BCUT2D eigenvalue weighted by Gasteiger charge is 2.25.